The molecule has 19 heavy (non-hydrogen) atoms. The van der Waals surface area contributed by atoms with Crippen LogP contribution in [0.15, 0.2) is 6.07 Å². The normalized spacial score (nSPS) is 38.1. The Morgan fingerprint density at radius 1 is 1.37 bits per heavy atom. The number of thiophene rings is 1. The lowest BCUT2D eigenvalue weighted by molar-refractivity contribution is 0.0968. The van der Waals surface area contributed by atoms with Crippen LogP contribution in [0.25, 0.3) is 0 Å². The Morgan fingerprint density at radius 3 is 2.68 bits per heavy atom. The molecule has 1 aromatic rings. The summed E-state index contributed by atoms with van der Waals surface area (Å²) in [5.74, 6) is 3.62. The van der Waals surface area contributed by atoms with Crippen molar-refractivity contribution in [2.24, 2.45) is 23.7 Å². The number of hydrogen-bond donors (Lipinski definition) is 3. The van der Waals surface area contributed by atoms with Crippen molar-refractivity contribution in [1.29, 1.82) is 0 Å². The van der Waals surface area contributed by atoms with Crippen LogP contribution in [0.1, 0.15) is 28.9 Å². The first-order valence-corrected chi connectivity index (χ1v) is 7.88. The second-order valence-electron chi connectivity index (χ2n) is 6.13. The number of nitrogen functional groups attached to an aromatic ring is 1. The van der Waals surface area contributed by atoms with Gasteiger partial charge in [0, 0.05) is 13.1 Å². The van der Waals surface area contributed by atoms with Gasteiger partial charge in [0.2, 0.25) is 0 Å². The zero-order valence-electron chi connectivity index (χ0n) is 11.0. The van der Waals surface area contributed by atoms with E-state index in [2.05, 4.69) is 10.6 Å². The van der Waals surface area contributed by atoms with Crippen molar-refractivity contribution in [3.8, 4) is 0 Å². The SMILES string of the molecule is CNC(=O)c1sc(NC2C3C4CCC(C4)C23)cc1N. The Kier molecular flexibility index (Phi) is 2.37. The van der Waals surface area contributed by atoms with Gasteiger partial charge in [0.25, 0.3) is 5.91 Å². The van der Waals surface area contributed by atoms with Gasteiger partial charge in [-0.1, -0.05) is 0 Å². The number of rotatable bonds is 3. The van der Waals surface area contributed by atoms with Crippen molar-refractivity contribution in [2.75, 3.05) is 18.1 Å². The molecule has 4 nitrogen and oxygen atoms in total. The summed E-state index contributed by atoms with van der Waals surface area (Å²) in [7, 11) is 1.64. The smallest absolute Gasteiger partial charge is 0.263 e. The minimum atomic E-state index is -0.0911. The second-order valence-corrected chi connectivity index (χ2v) is 7.18. The highest BCUT2D eigenvalue weighted by Crippen LogP contribution is 2.66. The maximum Gasteiger partial charge on any atom is 0.263 e. The van der Waals surface area contributed by atoms with Crippen molar-refractivity contribution in [1.82, 2.24) is 5.32 Å². The van der Waals surface area contributed by atoms with Crippen LogP contribution < -0.4 is 16.4 Å². The third-order valence-corrected chi connectivity index (χ3v) is 6.32. The standard InChI is InChI=1S/C14H19N3OS/c1-16-14(18)13-8(15)5-9(19-13)17-12-10-6-2-3-7(4-6)11(10)12/h5-7,10-12,17H,2-4,15H2,1H3,(H,16,18). The number of carbonyl (C=O) groups excluding carboxylic acids is 1. The summed E-state index contributed by atoms with van der Waals surface area (Å²) in [5, 5.41) is 7.30. The summed E-state index contributed by atoms with van der Waals surface area (Å²) in [5.41, 5.74) is 6.49. The van der Waals surface area contributed by atoms with Crippen LogP contribution in [0.3, 0.4) is 0 Å². The van der Waals surface area contributed by atoms with Crippen LogP contribution in [-0.2, 0) is 0 Å². The van der Waals surface area contributed by atoms with E-state index in [-0.39, 0.29) is 5.91 Å². The summed E-state index contributed by atoms with van der Waals surface area (Å²) in [6.45, 7) is 0. The molecule has 4 unspecified atom stereocenters. The van der Waals surface area contributed by atoms with Crippen molar-refractivity contribution >= 4 is 27.9 Å². The maximum absolute atomic E-state index is 11.7. The molecule has 0 aromatic carbocycles. The molecular formula is C14H19N3OS. The van der Waals surface area contributed by atoms with E-state index in [1.165, 1.54) is 30.6 Å². The third-order valence-electron chi connectivity index (χ3n) is 5.24. The molecule has 3 aliphatic carbocycles. The molecule has 4 atom stereocenters. The van der Waals surface area contributed by atoms with Crippen molar-refractivity contribution in [3.63, 3.8) is 0 Å². The molecule has 5 heteroatoms. The molecule has 1 heterocycles. The van der Waals surface area contributed by atoms with E-state index in [0.29, 0.717) is 16.6 Å². The average Bonchev–Trinajstić information content (AvgIpc) is 2.78. The highest BCUT2D eigenvalue weighted by molar-refractivity contribution is 7.18. The van der Waals surface area contributed by atoms with Crippen LogP contribution in [0, 0.1) is 23.7 Å². The lowest BCUT2D eigenvalue weighted by Gasteiger charge is -2.09. The fourth-order valence-electron chi connectivity index (χ4n) is 4.45. The molecule has 3 aliphatic rings. The molecule has 1 amide bonds. The number of hydrogen-bond acceptors (Lipinski definition) is 4. The second kappa shape index (κ2) is 3.88. The van der Waals surface area contributed by atoms with E-state index in [1.807, 2.05) is 6.07 Å². The molecule has 3 saturated carbocycles. The van der Waals surface area contributed by atoms with Crippen LogP contribution in [-0.4, -0.2) is 19.0 Å². The summed E-state index contributed by atoms with van der Waals surface area (Å²) < 4.78 is 0. The number of carbonyl (C=O) groups is 1. The minimum absolute atomic E-state index is 0.0911. The Bertz CT molecular complexity index is 525. The first-order chi connectivity index (χ1) is 9.19. The van der Waals surface area contributed by atoms with Gasteiger partial charge in [-0.25, -0.2) is 0 Å². The van der Waals surface area contributed by atoms with Crippen molar-refractivity contribution in [3.05, 3.63) is 10.9 Å². The largest absolute Gasteiger partial charge is 0.397 e. The van der Waals surface area contributed by atoms with Gasteiger partial charge in [-0.3, -0.25) is 4.79 Å². The lowest BCUT2D eigenvalue weighted by atomic mass is 10.0. The Labute approximate surface area is 116 Å². The van der Waals surface area contributed by atoms with Gasteiger partial charge in [0.1, 0.15) is 4.88 Å². The summed E-state index contributed by atoms with van der Waals surface area (Å²) in [6, 6.07) is 2.55. The van der Waals surface area contributed by atoms with Gasteiger partial charge in [-0.05, 0) is 49.0 Å². The van der Waals surface area contributed by atoms with Gasteiger partial charge in [-0.2, -0.15) is 0 Å². The molecule has 0 spiro atoms. The molecule has 3 fully saturated rings. The number of nitrogens with one attached hydrogen (secondary N) is 2. The van der Waals surface area contributed by atoms with Gasteiger partial charge in [0.15, 0.2) is 0 Å². The van der Waals surface area contributed by atoms with E-state index >= 15 is 0 Å². The minimum Gasteiger partial charge on any atom is -0.397 e. The zero-order valence-corrected chi connectivity index (χ0v) is 11.8. The highest BCUT2D eigenvalue weighted by Gasteiger charge is 2.65. The average molecular weight is 277 g/mol. The molecule has 102 valence electrons. The molecular weight excluding hydrogens is 258 g/mol. The molecule has 2 bridgehead atoms. The van der Waals surface area contributed by atoms with Crippen LogP contribution in [0.5, 0.6) is 0 Å². The van der Waals surface area contributed by atoms with Gasteiger partial charge < -0.3 is 16.4 Å². The van der Waals surface area contributed by atoms with E-state index in [0.717, 1.165) is 28.7 Å². The Hall–Kier alpha value is -1.23. The molecule has 0 radical (unpaired) electrons. The molecule has 0 aliphatic heterocycles. The van der Waals surface area contributed by atoms with Crippen LogP contribution in [0.2, 0.25) is 0 Å². The summed E-state index contributed by atoms with van der Waals surface area (Å²) in [6.07, 6.45) is 4.32. The summed E-state index contributed by atoms with van der Waals surface area (Å²) in [4.78, 5) is 12.3. The number of nitrogens with two attached hydrogens (primary N) is 1. The molecule has 1 aromatic heterocycles. The van der Waals surface area contributed by atoms with Gasteiger partial charge in [-0.15, -0.1) is 11.3 Å². The number of fused-ring (bicyclic) bond motifs is 5. The number of anilines is 2. The fourth-order valence-corrected chi connectivity index (χ4v) is 5.42. The van der Waals surface area contributed by atoms with Crippen molar-refractivity contribution in [2.45, 2.75) is 25.3 Å². The van der Waals surface area contributed by atoms with E-state index < -0.39 is 0 Å². The van der Waals surface area contributed by atoms with E-state index in [4.69, 9.17) is 5.73 Å². The maximum atomic E-state index is 11.7. The zero-order chi connectivity index (χ0) is 13.1. The Morgan fingerprint density at radius 2 is 2.05 bits per heavy atom. The van der Waals surface area contributed by atoms with Crippen LogP contribution in [0.4, 0.5) is 10.7 Å². The predicted octanol–water partition coefficient (Wildman–Crippen LogP) is 2.15. The molecule has 4 N–H and O–H groups in total. The number of amides is 1. The highest BCUT2D eigenvalue weighted by atomic mass is 32.1. The van der Waals surface area contributed by atoms with Crippen LogP contribution >= 0.6 is 11.3 Å². The monoisotopic (exact) mass is 277 g/mol. The quantitative estimate of drug-likeness (QED) is 0.793. The first kappa shape index (κ1) is 11.6. The molecule has 4 rings (SSSR count). The first-order valence-electron chi connectivity index (χ1n) is 7.07. The Balaban J connectivity index is 1.49. The summed E-state index contributed by atoms with van der Waals surface area (Å²) >= 11 is 1.47. The van der Waals surface area contributed by atoms with Gasteiger partial charge >= 0.3 is 0 Å². The lowest BCUT2D eigenvalue weighted by Crippen LogP contribution is -2.17. The molecule has 0 saturated heterocycles. The fraction of sp³-hybridized carbons (Fsp3) is 0.643. The predicted molar refractivity (Wildman–Crippen MR) is 77.3 cm³/mol. The topological polar surface area (TPSA) is 67.2 Å². The van der Waals surface area contributed by atoms with Gasteiger partial charge in [0.05, 0.1) is 10.7 Å². The third kappa shape index (κ3) is 1.60. The van der Waals surface area contributed by atoms with E-state index in [9.17, 15) is 4.79 Å². The van der Waals surface area contributed by atoms with Crippen molar-refractivity contribution < 1.29 is 4.79 Å². The van der Waals surface area contributed by atoms with E-state index in [1.54, 1.807) is 7.05 Å².